The number of carbonyl (C=O) groups is 1. The zero-order valence-corrected chi connectivity index (χ0v) is 10.4. The van der Waals surface area contributed by atoms with Crippen LogP contribution < -0.4 is 5.73 Å². The molecule has 15 heavy (non-hydrogen) atoms. The highest BCUT2D eigenvalue weighted by molar-refractivity contribution is 5.80. The Kier molecular flexibility index (Phi) is 6.52. The highest BCUT2D eigenvalue weighted by Gasteiger charge is 2.31. The number of rotatable bonds is 7. The van der Waals surface area contributed by atoms with Crippen molar-refractivity contribution in [2.45, 2.75) is 39.7 Å². The third kappa shape index (κ3) is 5.14. The average molecular weight is 216 g/mol. The van der Waals surface area contributed by atoms with Crippen LogP contribution in [0.2, 0.25) is 0 Å². The lowest BCUT2D eigenvalue weighted by Crippen LogP contribution is -2.54. The van der Waals surface area contributed by atoms with Gasteiger partial charge in [0.05, 0.1) is 6.61 Å². The summed E-state index contributed by atoms with van der Waals surface area (Å²) in [7, 11) is 0. The maximum absolute atomic E-state index is 11.5. The second-order valence-corrected chi connectivity index (χ2v) is 4.01. The standard InChI is InChI=1S/C11H24N2O2/c1-5-8-13(6-2)9-11(4,12)10(14)15-7-3/h5-9,12H2,1-4H3. The van der Waals surface area contributed by atoms with Gasteiger partial charge in [-0.25, -0.2) is 0 Å². The molecule has 0 radical (unpaired) electrons. The molecule has 90 valence electrons. The minimum absolute atomic E-state index is 0.320. The molecule has 4 nitrogen and oxygen atoms in total. The Balaban J connectivity index is 4.26. The van der Waals surface area contributed by atoms with E-state index in [1.54, 1.807) is 13.8 Å². The Morgan fingerprint density at radius 3 is 2.40 bits per heavy atom. The SMILES string of the molecule is CCCN(CC)CC(C)(N)C(=O)OCC. The van der Waals surface area contributed by atoms with Crippen LogP contribution in [0.25, 0.3) is 0 Å². The van der Waals surface area contributed by atoms with Crippen LogP contribution >= 0.6 is 0 Å². The van der Waals surface area contributed by atoms with Crippen LogP contribution in [-0.2, 0) is 9.53 Å². The molecule has 0 heterocycles. The second kappa shape index (κ2) is 6.80. The Bertz CT molecular complexity index is 193. The molecule has 0 rings (SSSR count). The van der Waals surface area contributed by atoms with E-state index < -0.39 is 5.54 Å². The van der Waals surface area contributed by atoms with Crippen molar-refractivity contribution in [3.05, 3.63) is 0 Å². The van der Waals surface area contributed by atoms with E-state index in [0.29, 0.717) is 13.2 Å². The first-order valence-corrected chi connectivity index (χ1v) is 5.66. The maximum atomic E-state index is 11.5. The van der Waals surface area contributed by atoms with Gasteiger partial charge in [0.25, 0.3) is 0 Å². The van der Waals surface area contributed by atoms with E-state index in [9.17, 15) is 4.79 Å². The molecule has 0 aromatic rings. The van der Waals surface area contributed by atoms with Crippen LogP contribution in [0.1, 0.15) is 34.1 Å². The van der Waals surface area contributed by atoms with Crippen molar-refractivity contribution in [1.82, 2.24) is 4.90 Å². The van der Waals surface area contributed by atoms with Crippen molar-refractivity contribution in [1.29, 1.82) is 0 Å². The van der Waals surface area contributed by atoms with Gasteiger partial charge in [-0.3, -0.25) is 4.79 Å². The number of esters is 1. The van der Waals surface area contributed by atoms with Gasteiger partial charge in [0.15, 0.2) is 0 Å². The number of carbonyl (C=O) groups excluding carboxylic acids is 1. The van der Waals surface area contributed by atoms with Crippen molar-refractivity contribution in [2.24, 2.45) is 5.73 Å². The van der Waals surface area contributed by atoms with Gasteiger partial charge >= 0.3 is 5.97 Å². The van der Waals surface area contributed by atoms with Crippen LogP contribution in [0.15, 0.2) is 0 Å². The molecule has 2 N–H and O–H groups in total. The van der Waals surface area contributed by atoms with Gasteiger partial charge in [-0.2, -0.15) is 0 Å². The summed E-state index contributed by atoms with van der Waals surface area (Å²) < 4.78 is 4.94. The summed E-state index contributed by atoms with van der Waals surface area (Å²) in [5.74, 6) is -0.320. The Morgan fingerprint density at radius 1 is 1.40 bits per heavy atom. The highest BCUT2D eigenvalue weighted by Crippen LogP contribution is 2.06. The normalized spacial score (nSPS) is 15.1. The smallest absolute Gasteiger partial charge is 0.327 e. The molecule has 0 aliphatic carbocycles. The molecule has 0 saturated heterocycles. The van der Waals surface area contributed by atoms with Gasteiger partial charge in [0.1, 0.15) is 5.54 Å². The fourth-order valence-electron chi connectivity index (χ4n) is 1.49. The van der Waals surface area contributed by atoms with E-state index >= 15 is 0 Å². The van der Waals surface area contributed by atoms with Crippen LogP contribution in [0.3, 0.4) is 0 Å². The lowest BCUT2D eigenvalue weighted by molar-refractivity contribution is -0.149. The maximum Gasteiger partial charge on any atom is 0.327 e. The van der Waals surface area contributed by atoms with Crippen molar-refractivity contribution < 1.29 is 9.53 Å². The molecule has 0 aromatic heterocycles. The molecule has 1 unspecified atom stereocenters. The van der Waals surface area contributed by atoms with Gasteiger partial charge in [0.2, 0.25) is 0 Å². The van der Waals surface area contributed by atoms with Gasteiger partial charge in [-0.1, -0.05) is 13.8 Å². The van der Waals surface area contributed by atoms with E-state index in [1.807, 2.05) is 0 Å². The molecule has 0 aliphatic heterocycles. The van der Waals surface area contributed by atoms with Crippen molar-refractivity contribution in [3.63, 3.8) is 0 Å². The summed E-state index contributed by atoms with van der Waals surface area (Å²) in [5, 5.41) is 0. The fourth-order valence-corrected chi connectivity index (χ4v) is 1.49. The molecule has 0 amide bonds. The van der Waals surface area contributed by atoms with Gasteiger partial charge in [-0.15, -0.1) is 0 Å². The number of likely N-dealkylation sites (N-methyl/N-ethyl adjacent to an activating group) is 1. The molecule has 0 saturated carbocycles. The predicted octanol–water partition coefficient (Wildman–Crippen LogP) is 0.999. The number of nitrogens with two attached hydrogens (primary N) is 1. The Hall–Kier alpha value is -0.610. The zero-order valence-electron chi connectivity index (χ0n) is 10.4. The second-order valence-electron chi connectivity index (χ2n) is 4.01. The molecule has 0 aromatic carbocycles. The Morgan fingerprint density at radius 2 is 2.00 bits per heavy atom. The average Bonchev–Trinajstić information content (AvgIpc) is 2.17. The fraction of sp³-hybridized carbons (Fsp3) is 0.909. The van der Waals surface area contributed by atoms with E-state index in [2.05, 4.69) is 18.7 Å². The van der Waals surface area contributed by atoms with Crippen LogP contribution in [0.5, 0.6) is 0 Å². The molecule has 1 atom stereocenters. The first kappa shape index (κ1) is 14.4. The minimum atomic E-state index is -0.902. The van der Waals surface area contributed by atoms with Gasteiger partial charge in [0, 0.05) is 6.54 Å². The topological polar surface area (TPSA) is 55.6 Å². The van der Waals surface area contributed by atoms with E-state index in [4.69, 9.17) is 10.5 Å². The summed E-state index contributed by atoms with van der Waals surface area (Å²) in [4.78, 5) is 13.7. The van der Waals surface area contributed by atoms with E-state index in [-0.39, 0.29) is 5.97 Å². The highest BCUT2D eigenvalue weighted by atomic mass is 16.5. The largest absolute Gasteiger partial charge is 0.465 e. The lowest BCUT2D eigenvalue weighted by Gasteiger charge is -2.29. The van der Waals surface area contributed by atoms with Crippen LogP contribution in [0, 0.1) is 0 Å². The predicted molar refractivity (Wildman–Crippen MR) is 61.6 cm³/mol. The molecule has 0 bridgehead atoms. The summed E-state index contributed by atoms with van der Waals surface area (Å²) in [6.45, 7) is 10.5. The molecule has 0 spiro atoms. The third-order valence-corrected chi connectivity index (χ3v) is 2.28. The van der Waals surface area contributed by atoms with Gasteiger partial charge in [-0.05, 0) is 33.4 Å². The lowest BCUT2D eigenvalue weighted by atomic mass is 10.0. The first-order chi connectivity index (χ1) is 6.97. The number of ether oxygens (including phenoxy) is 1. The van der Waals surface area contributed by atoms with E-state index in [0.717, 1.165) is 19.5 Å². The quantitative estimate of drug-likeness (QED) is 0.645. The van der Waals surface area contributed by atoms with Crippen LogP contribution in [0.4, 0.5) is 0 Å². The first-order valence-electron chi connectivity index (χ1n) is 5.66. The summed E-state index contributed by atoms with van der Waals surface area (Å²) in [6, 6.07) is 0. The molecule has 0 fully saturated rings. The molecular formula is C11H24N2O2. The van der Waals surface area contributed by atoms with Crippen molar-refractivity contribution in [3.8, 4) is 0 Å². The van der Waals surface area contributed by atoms with Crippen LogP contribution in [-0.4, -0.2) is 42.6 Å². The minimum Gasteiger partial charge on any atom is -0.465 e. The van der Waals surface area contributed by atoms with Crippen molar-refractivity contribution in [2.75, 3.05) is 26.2 Å². The molecule has 4 heteroatoms. The Labute approximate surface area is 92.8 Å². The third-order valence-electron chi connectivity index (χ3n) is 2.28. The number of hydrogen-bond acceptors (Lipinski definition) is 4. The molecule has 0 aliphatic rings. The molecular weight excluding hydrogens is 192 g/mol. The van der Waals surface area contributed by atoms with Crippen molar-refractivity contribution >= 4 is 5.97 Å². The number of hydrogen-bond donors (Lipinski definition) is 1. The zero-order chi connectivity index (χ0) is 11.9. The number of nitrogens with zero attached hydrogens (tertiary/aromatic N) is 1. The summed E-state index contributed by atoms with van der Waals surface area (Å²) >= 11 is 0. The summed E-state index contributed by atoms with van der Waals surface area (Å²) in [5.41, 5.74) is 5.04. The van der Waals surface area contributed by atoms with E-state index in [1.165, 1.54) is 0 Å². The summed E-state index contributed by atoms with van der Waals surface area (Å²) in [6.07, 6.45) is 1.06. The monoisotopic (exact) mass is 216 g/mol. The van der Waals surface area contributed by atoms with Gasteiger partial charge < -0.3 is 15.4 Å².